The first-order valence-electron chi connectivity index (χ1n) is 8.19. The van der Waals surface area contributed by atoms with Crippen molar-refractivity contribution in [2.75, 3.05) is 17.3 Å². The number of thioether (sulfide) groups is 1. The number of fused-ring (bicyclic) bond motifs is 1. The van der Waals surface area contributed by atoms with Crippen molar-refractivity contribution in [2.24, 2.45) is 0 Å². The highest BCUT2D eigenvalue weighted by Crippen LogP contribution is 2.26. The molecule has 1 fully saturated rings. The van der Waals surface area contributed by atoms with Crippen LogP contribution >= 0.6 is 11.8 Å². The number of nitrogens with zero attached hydrogens (tertiary/aromatic N) is 1. The van der Waals surface area contributed by atoms with Crippen molar-refractivity contribution in [1.29, 1.82) is 0 Å². The second kappa shape index (κ2) is 6.61. The maximum atomic E-state index is 12.2. The average molecular weight is 379 g/mol. The van der Waals surface area contributed by atoms with Crippen molar-refractivity contribution in [3.05, 3.63) is 35.4 Å². The monoisotopic (exact) mass is 378 g/mol. The molecule has 25 heavy (non-hydrogen) atoms. The number of carbonyl (C=O) groups is 1. The summed E-state index contributed by atoms with van der Waals surface area (Å²) >= 11 is 1.38. The van der Waals surface area contributed by atoms with E-state index < -0.39 is 15.4 Å². The number of hydrogen-bond donors (Lipinski definition) is 1. The zero-order valence-corrected chi connectivity index (χ0v) is 16.3. The third kappa shape index (κ3) is 4.15. The molecule has 1 N–H and O–H groups in total. The van der Waals surface area contributed by atoms with Gasteiger partial charge in [-0.25, -0.2) is 13.4 Å². The molecular weight excluding hydrogens is 356 g/mol. The Balaban J connectivity index is 1.68. The Morgan fingerprint density at radius 1 is 1.32 bits per heavy atom. The molecule has 0 aliphatic carbocycles. The molecule has 2 aromatic rings. The fraction of sp³-hybridized carbons (Fsp3) is 0.444. The van der Waals surface area contributed by atoms with Gasteiger partial charge in [0.05, 0.1) is 33.3 Å². The standard InChI is InChI=1S/C18H22N2O3S2/c1-12-5-4-6-14-13(2)9-16(19-17(12)14)24-10-15(21)20-18(3)7-8-25(22,23)11-18/h4-6,9H,7-8,10-11H2,1-3H3,(H,20,21)/t18-/m1/s1. The molecule has 2 heterocycles. The molecule has 0 spiro atoms. The Morgan fingerprint density at radius 2 is 2.08 bits per heavy atom. The van der Waals surface area contributed by atoms with Crippen LogP contribution in [0, 0.1) is 13.8 Å². The molecule has 7 heteroatoms. The molecule has 1 aliphatic heterocycles. The highest BCUT2D eigenvalue weighted by Gasteiger charge is 2.39. The molecule has 5 nitrogen and oxygen atoms in total. The van der Waals surface area contributed by atoms with Gasteiger partial charge < -0.3 is 5.32 Å². The molecule has 0 unspecified atom stereocenters. The minimum Gasteiger partial charge on any atom is -0.349 e. The number of para-hydroxylation sites is 1. The Kier molecular flexibility index (Phi) is 4.81. The van der Waals surface area contributed by atoms with E-state index in [9.17, 15) is 13.2 Å². The minimum absolute atomic E-state index is 0.0168. The number of amides is 1. The van der Waals surface area contributed by atoms with Gasteiger partial charge in [0.1, 0.15) is 0 Å². The summed E-state index contributed by atoms with van der Waals surface area (Å²) in [7, 11) is -3.04. The van der Waals surface area contributed by atoms with Crippen molar-refractivity contribution in [2.45, 2.75) is 37.8 Å². The zero-order chi connectivity index (χ0) is 18.2. The minimum atomic E-state index is -3.04. The van der Waals surface area contributed by atoms with Crippen molar-refractivity contribution in [1.82, 2.24) is 10.3 Å². The van der Waals surface area contributed by atoms with Gasteiger partial charge in [0.15, 0.2) is 9.84 Å². The quantitative estimate of drug-likeness (QED) is 0.828. The molecule has 0 bridgehead atoms. The topological polar surface area (TPSA) is 76.1 Å². The zero-order valence-electron chi connectivity index (χ0n) is 14.6. The summed E-state index contributed by atoms with van der Waals surface area (Å²) < 4.78 is 23.3. The second-order valence-corrected chi connectivity index (χ2v) is 10.2. The SMILES string of the molecule is Cc1cc(SCC(=O)N[C@]2(C)CCS(=O)(=O)C2)nc2c(C)cccc12. The Bertz CT molecular complexity index is 941. The van der Waals surface area contributed by atoms with Gasteiger partial charge in [-0.15, -0.1) is 0 Å². The van der Waals surface area contributed by atoms with Crippen molar-refractivity contribution < 1.29 is 13.2 Å². The van der Waals surface area contributed by atoms with E-state index in [0.29, 0.717) is 6.42 Å². The maximum absolute atomic E-state index is 12.2. The van der Waals surface area contributed by atoms with Crippen LogP contribution in [-0.4, -0.2) is 42.1 Å². The lowest BCUT2D eigenvalue weighted by Crippen LogP contribution is -2.47. The summed E-state index contributed by atoms with van der Waals surface area (Å²) in [5.41, 5.74) is 2.54. The second-order valence-electron chi connectivity index (χ2n) is 6.99. The van der Waals surface area contributed by atoms with Gasteiger partial charge in [-0.1, -0.05) is 30.0 Å². The number of carbonyl (C=O) groups excluding carboxylic acids is 1. The fourth-order valence-corrected chi connectivity index (χ4v) is 6.09. The predicted molar refractivity (Wildman–Crippen MR) is 102 cm³/mol. The largest absolute Gasteiger partial charge is 0.349 e. The van der Waals surface area contributed by atoms with Gasteiger partial charge in [0, 0.05) is 5.39 Å². The van der Waals surface area contributed by atoms with Crippen LogP contribution in [0.3, 0.4) is 0 Å². The van der Waals surface area contributed by atoms with Crippen LogP contribution in [0.4, 0.5) is 0 Å². The number of benzene rings is 1. The van der Waals surface area contributed by atoms with Crippen LogP contribution in [-0.2, 0) is 14.6 Å². The molecule has 1 aromatic carbocycles. The molecule has 1 aromatic heterocycles. The molecule has 3 rings (SSSR count). The number of pyridine rings is 1. The predicted octanol–water partition coefficient (Wildman–Crippen LogP) is 2.64. The van der Waals surface area contributed by atoms with Gasteiger partial charge in [0.25, 0.3) is 0 Å². The van der Waals surface area contributed by atoms with E-state index in [1.807, 2.05) is 38.1 Å². The van der Waals surface area contributed by atoms with Gasteiger partial charge in [0.2, 0.25) is 5.91 Å². The highest BCUT2D eigenvalue weighted by atomic mass is 32.2. The van der Waals surface area contributed by atoms with E-state index in [4.69, 9.17) is 0 Å². The number of sulfone groups is 1. The van der Waals surface area contributed by atoms with E-state index in [0.717, 1.165) is 27.1 Å². The fourth-order valence-electron chi connectivity index (χ4n) is 3.23. The van der Waals surface area contributed by atoms with Gasteiger partial charge in [-0.2, -0.15) is 0 Å². The molecule has 1 atom stereocenters. The lowest BCUT2D eigenvalue weighted by molar-refractivity contribution is -0.120. The summed E-state index contributed by atoms with van der Waals surface area (Å²) in [6.45, 7) is 5.86. The van der Waals surface area contributed by atoms with E-state index in [2.05, 4.69) is 10.3 Å². The smallest absolute Gasteiger partial charge is 0.230 e. The van der Waals surface area contributed by atoms with Crippen LogP contribution in [0.1, 0.15) is 24.5 Å². The van der Waals surface area contributed by atoms with Crippen LogP contribution in [0.5, 0.6) is 0 Å². The number of aromatic nitrogens is 1. The molecule has 1 saturated heterocycles. The summed E-state index contributed by atoms with van der Waals surface area (Å²) in [6.07, 6.45) is 0.471. The third-order valence-corrected chi connectivity index (χ3v) is 7.33. The van der Waals surface area contributed by atoms with Gasteiger partial charge in [-0.05, 0) is 44.4 Å². The first-order valence-corrected chi connectivity index (χ1v) is 11.0. The van der Waals surface area contributed by atoms with Crippen LogP contribution in [0.25, 0.3) is 10.9 Å². The molecule has 1 amide bonds. The molecule has 0 saturated carbocycles. The third-order valence-electron chi connectivity index (χ3n) is 4.52. The maximum Gasteiger partial charge on any atom is 0.230 e. The average Bonchev–Trinajstić information content (AvgIpc) is 2.79. The Morgan fingerprint density at radius 3 is 2.76 bits per heavy atom. The normalized spacial score (nSPS) is 22.2. The molecule has 0 radical (unpaired) electrons. The summed E-state index contributed by atoms with van der Waals surface area (Å²) in [5, 5.41) is 4.80. The van der Waals surface area contributed by atoms with E-state index in [1.165, 1.54) is 11.8 Å². The number of hydrogen-bond acceptors (Lipinski definition) is 5. The van der Waals surface area contributed by atoms with Crippen molar-refractivity contribution in [3.8, 4) is 0 Å². The first-order chi connectivity index (χ1) is 11.7. The molecular formula is C18H22N2O3S2. The van der Waals surface area contributed by atoms with Gasteiger partial charge >= 0.3 is 0 Å². The van der Waals surface area contributed by atoms with E-state index in [-0.39, 0.29) is 23.2 Å². The van der Waals surface area contributed by atoms with Crippen LogP contribution < -0.4 is 5.32 Å². The van der Waals surface area contributed by atoms with Crippen molar-refractivity contribution >= 4 is 38.4 Å². The van der Waals surface area contributed by atoms with Crippen LogP contribution in [0.2, 0.25) is 0 Å². The Labute approximate surface area is 152 Å². The first kappa shape index (κ1) is 18.2. The number of rotatable bonds is 4. The molecule has 1 aliphatic rings. The van der Waals surface area contributed by atoms with Crippen molar-refractivity contribution in [3.63, 3.8) is 0 Å². The molecule has 134 valence electrons. The number of nitrogens with one attached hydrogen (secondary N) is 1. The lowest BCUT2D eigenvalue weighted by atomic mass is 10.0. The lowest BCUT2D eigenvalue weighted by Gasteiger charge is -2.23. The Hall–Kier alpha value is -1.60. The summed E-state index contributed by atoms with van der Waals surface area (Å²) in [5.74, 6) is 0.221. The van der Waals surface area contributed by atoms with E-state index in [1.54, 1.807) is 6.92 Å². The van der Waals surface area contributed by atoms with Gasteiger partial charge in [-0.3, -0.25) is 4.79 Å². The summed E-state index contributed by atoms with van der Waals surface area (Å²) in [4.78, 5) is 16.9. The highest BCUT2D eigenvalue weighted by molar-refractivity contribution is 7.99. The number of aryl methyl sites for hydroxylation is 2. The van der Waals surface area contributed by atoms with Crippen LogP contribution in [0.15, 0.2) is 29.3 Å². The van der Waals surface area contributed by atoms with E-state index >= 15 is 0 Å². The summed E-state index contributed by atoms with van der Waals surface area (Å²) in [6, 6.07) is 8.08.